The molecule has 1 amide bonds. The maximum absolute atomic E-state index is 12.4. The number of halogens is 2. The Hall–Kier alpha value is -1.56. The lowest BCUT2D eigenvalue weighted by atomic mass is 10.1. The molecule has 1 aliphatic heterocycles. The molecule has 2 N–H and O–H groups in total. The molecule has 1 aromatic heterocycles. The number of carbonyl (C=O) groups excluding carboxylic acids is 1. The molecule has 25 heavy (non-hydrogen) atoms. The second-order valence-electron chi connectivity index (χ2n) is 6.15. The largest absolute Gasteiger partial charge is 0.340 e. The molecule has 5 nitrogen and oxygen atoms in total. The third-order valence-electron chi connectivity index (χ3n) is 4.40. The van der Waals surface area contributed by atoms with Gasteiger partial charge in [-0.15, -0.1) is 24.8 Å². The van der Waals surface area contributed by atoms with Crippen LogP contribution in [0.4, 0.5) is 0 Å². The molecule has 2 aromatic rings. The molecule has 1 aromatic carbocycles. The number of rotatable bonds is 5. The normalized spacial score (nSPS) is 16.2. The Balaban J connectivity index is 0.00000156. The summed E-state index contributed by atoms with van der Waals surface area (Å²) < 4.78 is 0. The Bertz CT molecular complexity index is 689. The van der Waals surface area contributed by atoms with Gasteiger partial charge in [0.15, 0.2) is 0 Å². The summed E-state index contributed by atoms with van der Waals surface area (Å²) >= 11 is 0. The molecule has 0 saturated carbocycles. The number of hydrogen-bond donors (Lipinski definition) is 2. The minimum atomic E-state index is 0. The van der Waals surface area contributed by atoms with Crippen molar-refractivity contribution in [3.63, 3.8) is 0 Å². The Morgan fingerprint density at radius 2 is 2.20 bits per heavy atom. The smallest absolute Gasteiger partial charge is 0.224 e. The third kappa shape index (κ3) is 4.97. The van der Waals surface area contributed by atoms with Crippen LogP contribution in [-0.4, -0.2) is 40.9 Å². The van der Waals surface area contributed by atoms with Crippen LogP contribution in [0.2, 0.25) is 0 Å². The summed E-state index contributed by atoms with van der Waals surface area (Å²) in [5.41, 5.74) is 3.37. The Morgan fingerprint density at radius 3 is 2.92 bits per heavy atom. The number of likely N-dealkylation sites (tertiary alicyclic amines) is 1. The van der Waals surface area contributed by atoms with Gasteiger partial charge in [0.05, 0.1) is 17.9 Å². The summed E-state index contributed by atoms with van der Waals surface area (Å²) in [6.45, 7) is 3.63. The number of H-pyrrole nitrogens is 1. The Morgan fingerprint density at radius 1 is 1.40 bits per heavy atom. The van der Waals surface area contributed by atoms with E-state index in [1.165, 1.54) is 5.56 Å². The first kappa shape index (κ1) is 21.5. The molecule has 1 unspecified atom stereocenters. The monoisotopic (exact) mass is 384 g/mol. The summed E-state index contributed by atoms with van der Waals surface area (Å²) in [7, 11) is 1.87. The maximum atomic E-state index is 12.4. The average Bonchev–Trinajstić information content (AvgIpc) is 3.21. The lowest BCUT2D eigenvalue weighted by molar-refractivity contribution is -0.132. The highest BCUT2D eigenvalue weighted by atomic mass is 35.5. The minimum absolute atomic E-state index is 0. The second-order valence-corrected chi connectivity index (χ2v) is 6.15. The number of aromatic nitrogens is 2. The van der Waals surface area contributed by atoms with E-state index in [4.69, 9.17) is 0 Å². The van der Waals surface area contributed by atoms with E-state index in [-0.39, 0.29) is 36.8 Å². The van der Waals surface area contributed by atoms with Gasteiger partial charge in [-0.2, -0.15) is 0 Å². The number of aryl methyl sites for hydroxylation is 1. The topological polar surface area (TPSA) is 61.0 Å². The zero-order valence-corrected chi connectivity index (χ0v) is 16.3. The fourth-order valence-corrected chi connectivity index (χ4v) is 3.19. The van der Waals surface area contributed by atoms with E-state index in [0.29, 0.717) is 6.42 Å². The lowest BCUT2D eigenvalue weighted by Gasteiger charge is -2.23. The molecule has 1 atom stereocenters. The molecule has 0 radical (unpaired) electrons. The second kappa shape index (κ2) is 9.80. The highest BCUT2D eigenvalue weighted by Crippen LogP contribution is 2.32. The van der Waals surface area contributed by atoms with Crippen LogP contribution in [0.3, 0.4) is 0 Å². The van der Waals surface area contributed by atoms with Gasteiger partial charge < -0.3 is 15.2 Å². The predicted molar refractivity (Wildman–Crippen MR) is 105 cm³/mol. The molecule has 3 rings (SSSR count). The first-order valence-corrected chi connectivity index (χ1v) is 8.25. The molecule has 7 heteroatoms. The summed E-state index contributed by atoms with van der Waals surface area (Å²) in [4.78, 5) is 22.3. The van der Waals surface area contributed by atoms with Crippen LogP contribution in [0, 0.1) is 6.92 Å². The number of hydrogen-bond acceptors (Lipinski definition) is 3. The van der Waals surface area contributed by atoms with Gasteiger partial charge in [-0.1, -0.05) is 23.8 Å². The fourth-order valence-electron chi connectivity index (χ4n) is 3.19. The van der Waals surface area contributed by atoms with Gasteiger partial charge in [-0.05, 0) is 38.4 Å². The molecule has 138 valence electrons. The van der Waals surface area contributed by atoms with Crippen molar-refractivity contribution in [2.24, 2.45) is 0 Å². The molecule has 1 aliphatic rings. The van der Waals surface area contributed by atoms with Crippen molar-refractivity contribution in [2.45, 2.75) is 32.2 Å². The number of aromatic amines is 1. The van der Waals surface area contributed by atoms with Gasteiger partial charge >= 0.3 is 0 Å². The van der Waals surface area contributed by atoms with Gasteiger partial charge in [-0.3, -0.25) is 4.79 Å². The van der Waals surface area contributed by atoms with Gasteiger partial charge in [0.2, 0.25) is 5.91 Å². The molecule has 0 spiro atoms. The third-order valence-corrected chi connectivity index (χ3v) is 4.40. The van der Waals surface area contributed by atoms with E-state index in [1.807, 2.05) is 24.2 Å². The number of carbonyl (C=O) groups is 1. The standard InChI is InChI=1S/C18H24N4O.2ClH/c1-13-5-3-6-14(11-13)15-12-20-18(21-15)16-7-4-10-22(16)17(23)8-9-19-2;;/h3,5-6,11-12,16,19H,4,7-10H2,1-2H3,(H,20,21);2*1H. The van der Waals surface area contributed by atoms with Crippen LogP contribution in [0.15, 0.2) is 30.5 Å². The summed E-state index contributed by atoms with van der Waals surface area (Å²) in [6.07, 6.45) is 4.43. The van der Waals surface area contributed by atoms with Gasteiger partial charge in [-0.25, -0.2) is 4.98 Å². The number of nitrogens with zero attached hydrogens (tertiary/aromatic N) is 2. The van der Waals surface area contributed by atoms with Crippen molar-refractivity contribution in [3.05, 3.63) is 41.9 Å². The van der Waals surface area contributed by atoms with Crippen molar-refractivity contribution < 1.29 is 4.79 Å². The average molecular weight is 385 g/mol. The molecule has 1 saturated heterocycles. The van der Waals surface area contributed by atoms with Gasteiger partial charge in [0.25, 0.3) is 0 Å². The van der Waals surface area contributed by atoms with E-state index in [9.17, 15) is 4.79 Å². The predicted octanol–water partition coefficient (Wildman–Crippen LogP) is 3.50. The molecular formula is C18H26Cl2N4O. The Labute approximate surface area is 161 Å². The van der Waals surface area contributed by atoms with Crippen LogP contribution in [0.25, 0.3) is 11.3 Å². The van der Waals surface area contributed by atoms with Crippen molar-refractivity contribution in [1.29, 1.82) is 0 Å². The molecule has 1 fully saturated rings. The van der Waals surface area contributed by atoms with Gasteiger partial charge in [0.1, 0.15) is 5.82 Å². The van der Waals surface area contributed by atoms with Crippen LogP contribution in [0.1, 0.15) is 36.7 Å². The van der Waals surface area contributed by atoms with Gasteiger partial charge in [0, 0.05) is 19.5 Å². The number of imidazole rings is 1. The van der Waals surface area contributed by atoms with E-state index >= 15 is 0 Å². The molecule has 0 aliphatic carbocycles. The SMILES string of the molecule is CNCCC(=O)N1CCCC1c1ncc(-c2cccc(C)c2)[nH]1.Cl.Cl. The van der Waals surface area contributed by atoms with Crippen molar-refractivity contribution in [3.8, 4) is 11.3 Å². The summed E-state index contributed by atoms with van der Waals surface area (Å²) in [5, 5.41) is 3.04. The quantitative estimate of drug-likeness (QED) is 0.828. The van der Waals surface area contributed by atoms with Crippen LogP contribution >= 0.6 is 24.8 Å². The van der Waals surface area contributed by atoms with Crippen molar-refractivity contribution in [1.82, 2.24) is 20.2 Å². The fraction of sp³-hybridized carbons (Fsp3) is 0.444. The molecule has 2 heterocycles. The maximum Gasteiger partial charge on any atom is 0.224 e. The number of nitrogens with one attached hydrogen (secondary N) is 2. The highest BCUT2D eigenvalue weighted by Gasteiger charge is 2.31. The van der Waals surface area contributed by atoms with Crippen LogP contribution in [-0.2, 0) is 4.79 Å². The zero-order chi connectivity index (χ0) is 16.2. The zero-order valence-electron chi connectivity index (χ0n) is 14.6. The molecule has 0 bridgehead atoms. The minimum Gasteiger partial charge on any atom is -0.340 e. The highest BCUT2D eigenvalue weighted by molar-refractivity contribution is 5.85. The molecular weight excluding hydrogens is 359 g/mol. The van der Waals surface area contributed by atoms with Crippen LogP contribution < -0.4 is 5.32 Å². The Kier molecular flexibility index (Phi) is 8.42. The van der Waals surface area contributed by atoms with Crippen molar-refractivity contribution in [2.75, 3.05) is 20.1 Å². The van der Waals surface area contributed by atoms with Crippen molar-refractivity contribution >= 4 is 30.7 Å². The lowest BCUT2D eigenvalue weighted by Crippen LogP contribution is -2.32. The van der Waals surface area contributed by atoms with Crippen LogP contribution in [0.5, 0.6) is 0 Å². The number of amides is 1. The first-order valence-electron chi connectivity index (χ1n) is 8.25. The van der Waals surface area contributed by atoms with E-state index in [2.05, 4.69) is 40.4 Å². The van der Waals surface area contributed by atoms with E-state index in [0.717, 1.165) is 43.0 Å². The van der Waals surface area contributed by atoms with E-state index in [1.54, 1.807) is 0 Å². The summed E-state index contributed by atoms with van der Waals surface area (Å²) in [5.74, 6) is 1.10. The van der Waals surface area contributed by atoms with E-state index < -0.39 is 0 Å². The first-order chi connectivity index (χ1) is 11.2. The number of benzene rings is 1. The summed E-state index contributed by atoms with van der Waals surface area (Å²) in [6, 6.07) is 8.43.